The number of nitro groups is 1. The first-order valence-electron chi connectivity index (χ1n) is 9.11. The zero-order valence-corrected chi connectivity index (χ0v) is 14.8. The maximum Gasteiger partial charge on any atom is 0.348 e. The van der Waals surface area contributed by atoms with Crippen molar-refractivity contribution in [3.8, 4) is 11.3 Å². The van der Waals surface area contributed by atoms with Crippen LogP contribution >= 0.6 is 0 Å². The van der Waals surface area contributed by atoms with Crippen LogP contribution in [0.1, 0.15) is 19.3 Å². The van der Waals surface area contributed by atoms with Crippen molar-refractivity contribution < 1.29 is 4.92 Å². The van der Waals surface area contributed by atoms with E-state index in [2.05, 4.69) is 10.3 Å². The van der Waals surface area contributed by atoms with Crippen LogP contribution in [0.2, 0.25) is 0 Å². The normalized spacial score (nSPS) is 17.1. The first-order valence-corrected chi connectivity index (χ1v) is 9.11. The van der Waals surface area contributed by atoms with Gasteiger partial charge in [-0.1, -0.05) is 36.8 Å². The van der Waals surface area contributed by atoms with Gasteiger partial charge in [0.1, 0.15) is 0 Å². The Labute approximate surface area is 155 Å². The number of rotatable bonds is 4. The van der Waals surface area contributed by atoms with Crippen molar-refractivity contribution in [2.24, 2.45) is 0 Å². The molecule has 1 N–H and O–H groups in total. The molecule has 2 aromatic carbocycles. The fourth-order valence-corrected chi connectivity index (χ4v) is 3.67. The summed E-state index contributed by atoms with van der Waals surface area (Å²) in [5, 5.41) is 15.3. The molecule has 0 amide bonds. The number of nitrogens with zero attached hydrogens (tertiary/aromatic N) is 3. The van der Waals surface area contributed by atoms with E-state index in [1.54, 1.807) is 10.6 Å². The molecule has 1 saturated heterocycles. The largest absolute Gasteiger partial charge is 0.348 e. The van der Waals surface area contributed by atoms with E-state index >= 15 is 0 Å². The number of aromatic nitrogens is 2. The third-order valence-electron chi connectivity index (χ3n) is 5.04. The van der Waals surface area contributed by atoms with Crippen LogP contribution in [0.5, 0.6) is 0 Å². The Kier molecular flexibility index (Phi) is 4.68. The van der Waals surface area contributed by atoms with Gasteiger partial charge >= 0.3 is 5.69 Å². The molecule has 1 aromatic heterocycles. The molecule has 7 nitrogen and oxygen atoms in total. The minimum absolute atomic E-state index is 0.0116. The number of hydrogen-bond donors (Lipinski definition) is 1. The Morgan fingerprint density at radius 1 is 1.19 bits per heavy atom. The minimum atomic E-state index is -0.424. The number of nitrogens with one attached hydrogen (secondary N) is 1. The fraction of sp³-hybridized carbons (Fsp3) is 0.300. The summed E-state index contributed by atoms with van der Waals surface area (Å²) in [6.07, 6.45) is 3.27. The van der Waals surface area contributed by atoms with Crippen molar-refractivity contribution in [1.82, 2.24) is 14.9 Å². The molecule has 3 aromatic rings. The highest BCUT2D eigenvalue weighted by atomic mass is 16.6. The van der Waals surface area contributed by atoms with Crippen LogP contribution < -0.4 is 11.0 Å². The summed E-state index contributed by atoms with van der Waals surface area (Å²) < 4.78 is 1.63. The molecule has 138 valence electrons. The van der Waals surface area contributed by atoms with Gasteiger partial charge in [-0.15, -0.1) is 0 Å². The molecule has 4 rings (SSSR count). The van der Waals surface area contributed by atoms with Crippen LogP contribution in [0.25, 0.3) is 22.2 Å². The molecule has 1 atom stereocenters. The van der Waals surface area contributed by atoms with Crippen molar-refractivity contribution in [3.05, 3.63) is 69.1 Å². The number of non-ortho nitro benzene ring substituents is 1. The Hall–Kier alpha value is -3.06. The predicted molar refractivity (Wildman–Crippen MR) is 104 cm³/mol. The fourth-order valence-electron chi connectivity index (χ4n) is 3.67. The van der Waals surface area contributed by atoms with E-state index in [4.69, 9.17) is 0 Å². The van der Waals surface area contributed by atoms with Crippen molar-refractivity contribution in [2.75, 3.05) is 6.54 Å². The van der Waals surface area contributed by atoms with Gasteiger partial charge in [-0.2, -0.15) is 4.98 Å². The van der Waals surface area contributed by atoms with E-state index < -0.39 is 4.92 Å². The summed E-state index contributed by atoms with van der Waals surface area (Å²) in [5.41, 5.74) is 1.58. The average Bonchev–Trinajstić information content (AvgIpc) is 2.71. The van der Waals surface area contributed by atoms with Gasteiger partial charge in [0.25, 0.3) is 5.69 Å². The zero-order chi connectivity index (χ0) is 18.8. The number of hydrogen-bond acceptors (Lipinski definition) is 5. The number of benzene rings is 2. The van der Waals surface area contributed by atoms with Gasteiger partial charge in [0.15, 0.2) is 0 Å². The van der Waals surface area contributed by atoms with Crippen LogP contribution in [-0.2, 0) is 6.54 Å². The van der Waals surface area contributed by atoms with Crippen LogP contribution in [0.3, 0.4) is 0 Å². The Morgan fingerprint density at radius 2 is 2.00 bits per heavy atom. The molecule has 0 radical (unpaired) electrons. The molecule has 1 aliphatic rings. The second-order valence-corrected chi connectivity index (χ2v) is 6.83. The first kappa shape index (κ1) is 17.4. The van der Waals surface area contributed by atoms with E-state index in [0.717, 1.165) is 31.4 Å². The topological polar surface area (TPSA) is 90.1 Å². The summed E-state index contributed by atoms with van der Waals surface area (Å²) in [4.78, 5) is 27.9. The van der Waals surface area contributed by atoms with Gasteiger partial charge in [-0.25, -0.2) is 4.79 Å². The molecule has 27 heavy (non-hydrogen) atoms. The van der Waals surface area contributed by atoms with Gasteiger partial charge in [0, 0.05) is 35.7 Å². The van der Waals surface area contributed by atoms with E-state index in [0.29, 0.717) is 23.1 Å². The smallest absolute Gasteiger partial charge is 0.312 e. The lowest BCUT2D eigenvalue weighted by Gasteiger charge is -2.25. The molecular weight excluding hydrogens is 344 g/mol. The predicted octanol–water partition coefficient (Wildman–Crippen LogP) is 3.11. The first-order chi connectivity index (χ1) is 13.1. The molecule has 0 aliphatic carbocycles. The second kappa shape index (κ2) is 7.28. The molecule has 1 aliphatic heterocycles. The van der Waals surface area contributed by atoms with Gasteiger partial charge in [0.05, 0.1) is 16.1 Å². The van der Waals surface area contributed by atoms with Gasteiger partial charge in [-0.05, 0) is 25.5 Å². The molecule has 1 unspecified atom stereocenters. The summed E-state index contributed by atoms with van der Waals surface area (Å²) in [7, 11) is 0. The summed E-state index contributed by atoms with van der Waals surface area (Å²) in [5.74, 6) is 0. The third-order valence-corrected chi connectivity index (χ3v) is 5.04. The van der Waals surface area contributed by atoms with Crippen molar-refractivity contribution >= 4 is 16.6 Å². The van der Waals surface area contributed by atoms with E-state index in [-0.39, 0.29) is 17.4 Å². The van der Waals surface area contributed by atoms with Crippen molar-refractivity contribution in [1.29, 1.82) is 0 Å². The molecular formula is C20H20N4O3. The second-order valence-electron chi connectivity index (χ2n) is 6.83. The molecule has 0 spiro atoms. The van der Waals surface area contributed by atoms with Crippen LogP contribution in [0.4, 0.5) is 5.69 Å². The molecule has 2 heterocycles. The maximum atomic E-state index is 12.8. The van der Waals surface area contributed by atoms with Gasteiger partial charge in [-0.3, -0.25) is 14.7 Å². The monoisotopic (exact) mass is 364 g/mol. The SMILES string of the molecule is O=c1nc(-c2ccccc2)c2cc([N+](=O)[O-])ccc2n1CC1CCCCN1. The lowest BCUT2D eigenvalue weighted by molar-refractivity contribution is -0.384. The number of piperidine rings is 1. The third kappa shape index (κ3) is 3.46. The van der Waals surface area contributed by atoms with Crippen molar-refractivity contribution in [3.63, 3.8) is 0 Å². The highest BCUT2D eigenvalue weighted by Gasteiger charge is 2.19. The Morgan fingerprint density at radius 3 is 2.70 bits per heavy atom. The van der Waals surface area contributed by atoms with E-state index in [1.165, 1.54) is 12.1 Å². The van der Waals surface area contributed by atoms with Crippen LogP contribution in [-0.4, -0.2) is 27.1 Å². The molecule has 1 fully saturated rings. The van der Waals surface area contributed by atoms with Crippen LogP contribution in [0.15, 0.2) is 53.3 Å². The molecule has 0 bridgehead atoms. The van der Waals surface area contributed by atoms with E-state index in [1.807, 2.05) is 30.3 Å². The maximum absolute atomic E-state index is 12.8. The highest BCUT2D eigenvalue weighted by molar-refractivity contribution is 5.93. The number of nitro benzene ring substituents is 1. The van der Waals surface area contributed by atoms with E-state index in [9.17, 15) is 14.9 Å². The zero-order valence-electron chi connectivity index (χ0n) is 14.8. The standard InChI is InChI=1S/C20H20N4O3/c25-20-22-19(14-6-2-1-3-7-14)17-12-16(24(26)27)9-10-18(17)23(20)13-15-8-4-5-11-21-15/h1-3,6-7,9-10,12,15,21H,4-5,8,11,13H2. The number of fused-ring (bicyclic) bond motifs is 1. The highest BCUT2D eigenvalue weighted by Crippen LogP contribution is 2.28. The van der Waals surface area contributed by atoms with Gasteiger partial charge < -0.3 is 5.32 Å². The molecule has 7 heteroatoms. The minimum Gasteiger partial charge on any atom is -0.312 e. The summed E-state index contributed by atoms with van der Waals surface area (Å²) in [6.45, 7) is 1.45. The lowest BCUT2D eigenvalue weighted by Crippen LogP contribution is -2.40. The summed E-state index contributed by atoms with van der Waals surface area (Å²) >= 11 is 0. The van der Waals surface area contributed by atoms with Gasteiger partial charge in [0.2, 0.25) is 0 Å². The van der Waals surface area contributed by atoms with Crippen LogP contribution in [0, 0.1) is 10.1 Å². The lowest BCUT2D eigenvalue weighted by atomic mass is 10.0. The molecule has 0 saturated carbocycles. The van der Waals surface area contributed by atoms with Crippen molar-refractivity contribution in [2.45, 2.75) is 31.8 Å². The summed E-state index contributed by atoms with van der Waals surface area (Å²) in [6, 6.07) is 14.1. The Balaban J connectivity index is 1.91. The Bertz CT molecular complexity index is 1040. The average molecular weight is 364 g/mol. The quantitative estimate of drug-likeness (QED) is 0.567.